The van der Waals surface area contributed by atoms with E-state index in [0.29, 0.717) is 5.75 Å². The van der Waals surface area contributed by atoms with Gasteiger partial charge in [0.25, 0.3) is 0 Å². The molecule has 1 aromatic rings. The standard InChI is InChI=1S/C9H11O3/c1-7-4-2-3-5-8(7)12-9(11)6-10/h3-5,9-11H,6H2,1H3. The van der Waals surface area contributed by atoms with Gasteiger partial charge in [0.15, 0.2) is 0 Å². The highest BCUT2D eigenvalue weighted by atomic mass is 16.6. The average molecular weight is 167 g/mol. The molecule has 3 heteroatoms. The molecule has 0 aliphatic rings. The molecule has 65 valence electrons. The molecule has 1 unspecified atom stereocenters. The zero-order valence-electron chi connectivity index (χ0n) is 6.82. The van der Waals surface area contributed by atoms with E-state index in [0.717, 1.165) is 5.56 Å². The molecule has 0 heterocycles. The quantitative estimate of drug-likeness (QED) is 0.644. The number of hydrogen-bond acceptors (Lipinski definition) is 3. The minimum absolute atomic E-state index is 0.405. The summed E-state index contributed by atoms with van der Waals surface area (Å²) in [6, 6.07) is 7.99. The van der Waals surface area contributed by atoms with Crippen LogP contribution in [0.15, 0.2) is 18.2 Å². The Morgan fingerprint density at radius 3 is 3.00 bits per heavy atom. The SMILES string of the molecule is Cc1c[c]ccc1OC(O)CO. The highest BCUT2D eigenvalue weighted by molar-refractivity contribution is 5.31. The maximum absolute atomic E-state index is 8.95. The predicted molar refractivity (Wildman–Crippen MR) is 43.7 cm³/mol. The third kappa shape index (κ3) is 2.22. The van der Waals surface area contributed by atoms with Crippen LogP contribution in [0.1, 0.15) is 5.56 Å². The number of aliphatic hydroxyl groups excluding tert-OH is 2. The number of rotatable bonds is 3. The molecular weight excluding hydrogens is 156 g/mol. The van der Waals surface area contributed by atoms with Gasteiger partial charge in [-0.25, -0.2) is 0 Å². The highest BCUT2D eigenvalue weighted by Gasteiger charge is 2.04. The van der Waals surface area contributed by atoms with E-state index in [4.69, 9.17) is 14.9 Å². The summed E-state index contributed by atoms with van der Waals surface area (Å²) in [7, 11) is 0. The van der Waals surface area contributed by atoms with Crippen molar-refractivity contribution < 1.29 is 14.9 Å². The van der Waals surface area contributed by atoms with Crippen molar-refractivity contribution in [1.82, 2.24) is 0 Å². The zero-order chi connectivity index (χ0) is 8.97. The Hall–Kier alpha value is -1.06. The largest absolute Gasteiger partial charge is 0.462 e. The van der Waals surface area contributed by atoms with Gasteiger partial charge < -0.3 is 14.9 Å². The van der Waals surface area contributed by atoms with Gasteiger partial charge in [0.2, 0.25) is 6.29 Å². The number of hydrogen-bond donors (Lipinski definition) is 2. The molecule has 3 nitrogen and oxygen atoms in total. The van der Waals surface area contributed by atoms with E-state index in [1.54, 1.807) is 18.2 Å². The maximum Gasteiger partial charge on any atom is 0.220 e. The maximum atomic E-state index is 8.95. The first-order chi connectivity index (χ1) is 5.74. The first-order valence-corrected chi connectivity index (χ1v) is 3.66. The molecule has 0 fully saturated rings. The van der Waals surface area contributed by atoms with Gasteiger partial charge in [0.1, 0.15) is 12.4 Å². The number of ether oxygens (including phenoxy) is 1. The normalized spacial score (nSPS) is 12.6. The van der Waals surface area contributed by atoms with Gasteiger partial charge in [0, 0.05) is 0 Å². The van der Waals surface area contributed by atoms with Crippen molar-refractivity contribution in [3.8, 4) is 5.75 Å². The smallest absolute Gasteiger partial charge is 0.220 e. The Morgan fingerprint density at radius 1 is 1.67 bits per heavy atom. The molecule has 0 aliphatic heterocycles. The van der Waals surface area contributed by atoms with E-state index in [9.17, 15) is 0 Å². The topological polar surface area (TPSA) is 49.7 Å². The molecule has 0 aromatic heterocycles. The van der Waals surface area contributed by atoms with E-state index in [2.05, 4.69) is 6.07 Å². The molecule has 1 atom stereocenters. The van der Waals surface area contributed by atoms with Gasteiger partial charge in [-0.2, -0.15) is 0 Å². The molecule has 0 aliphatic carbocycles. The molecule has 1 aromatic carbocycles. The summed E-state index contributed by atoms with van der Waals surface area (Å²) in [5, 5.41) is 17.5. The lowest BCUT2D eigenvalue weighted by Gasteiger charge is -2.12. The van der Waals surface area contributed by atoms with Crippen LogP contribution in [0.3, 0.4) is 0 Å². The third-order valence-corrected chi connectivity index (χ3v) is 1.44. The van der Waals surface area contributed by atoms with Crippen molar-refractivity contribution in [2.45, 2.75) is 13.2 Å². The number of aryl methyl sites for hydroxylation is 1. The molecule has 0 saturated heterocycles. The van der Waals surface area contributed by atoms with Crippen molar-refractivity contribution in [2.24, 2.45) is 0 Å². The van der Waals surface area contributed by atoms with Gasteiger partial charge in [-0.05, 0) is 30.7 Å². The van der Waals surface area contributed by atoms with Crippen molar-refractivity contribution in [3.63, 3.8) is 0 Å². The van der Waals surface area contributed by atoms with Gasteiger partial charge in [-0.15, -0.1) is 0 Å². The van der Waals surface area contributed by atoms with Crippen molar-refractivity contribution in [2.75, 3.05) is 6.61 Å². The summed E-state index contributed by atoms with van der Waals surface area (Å²) in [4.78, 5) is 0. The Bertz CT molecular complexity index is 247. The molecule has 1 radical (unpaired) electrons. The van der Waals surface area contributed by atoms with Crippen LogP contribution in [0.4, 0.5) is 0 Å². The van der Waals surface area contributed by atoms with Gasteiger partial charge in [0.05, 0.1) is 0 Å². The first kappa shape index (κ1) is 9.03. The van der Waals surface area contributed by atoms with Crippen LogP contribution in [0.2, 0.25) is 0 Å². The lowest BCUT2D eigenvalue weighted by Crippen LogP contribution is -2.20. The Kier molecular flexibility index (Phi) is 3.08. The summed E-state index contributed by atoms with van der Waals surface area (Å²) in [5.41, 5.74) is 0.880. The van der Waals surface area contributed by atoms with Crippen molar-refractivity contribution in [1.29, 1.82) is 0 Å². The van der Waals surface area contributed by atoms with Crippen molar-refractivity contribution in [3.05, 3.63) is 29.8 Å². The molecule has 0 saturated carbocycles. The summed E-state index contributed by atoms with van der Waals surface area (Å²) in [5.74, 6) is 0.565. The van der Waals surface area contributed by atoms with E-state index in [1.807, 2.05) is 6.92 Å². The van der Waals surface area contributed by atoms with E-state index in [-0.39, 0.29) is 0 Å². The van der Waals surface area contributed by atoms with E-state index >= 15 is 0 Å². The lowest BCUT2D eigenvalue weighted by atomic mass is 10.2. The van der Waals surface area contributed by atoms with Crippen LogP contribution in [-0.2, 0) is 0 Å². The van der Waals surface area contributed by atoms with Crippen LogP contribution >= 0.6 is 0 Å². The molecule has 0 amide bonds. The van der Waals surface area contributed by atoms with Crippen LogP contribution in [0.25, 0.3) is 0 Å². The molecule has 1 rings (SSSR count). The van der Waals surface area contributed by atoms with Crippen LogP contribution in [0.5, 0.6) is 5.75 Å². The van der Waals surface area contributed by atoms with Gasteiger partial charge in [-0.1, -0.05) is 6.07 Å². The minimum Gasteiger partial charge on any atom is -0.462 e. The van der Waals surface area contributed by atoms with Crippen LogP contribution < -0.4 is 4.74 Å². The second-order valence-electron chi connectivity index (χ2n) is 2.45. The second kappa shape index (κ2) is 4.09. The Labute approximate surface area is 71.2 Å². The summed E-state index contributed by atoms with van der Waals surface area (Å²) < 4.78 is 4.98. The Morgan fingerprint density at radius 2 is 2.42 bits per heavy atom. The average Bonchev–Trinajstić information content (AvgIpc) is 2.09. The molecule has 0 bridgehead atoms. The fourth-order valence-electron chi connectivity index (χ4n) is 0.816. The summed E-state index contributed by atoms with van der Waals surface area (Å²) in [6.07, 6.45) is -1.15. The number of aliphatic hydroxyl groups is 2. The summed E-state index contributed by atoms with van der Waals surface area (Å²) >= 11 is 0. The third-order valence-electron chi connectivity index (χ3n) is 1.44. The first-order valence-electron chi connectivity index (χ1n) is 3.66. The fourth-order valence-corrected chi connectivity index (χ4v) is 0.816. The minimum atomic E-state index is -1.15. The summed E-state index contributed by atoms with van der Waals surface area (Å²) in [6.45, 7) is 1.44. The zero-order valence-corrected chi connectivity index (χ0v) is 6.82. The van der Waals surface area contributed by atoms with Gasteiger partial charge >= 0.3 is 0 Å². The monoisotopic (exact) mass is 167 g/mol. The lowest BCUT2D eigenvalue weighted by molar-refractivity contribution is -0.0552. The van der Waals surface area contributed by atoms with E-state index < -0.39 is 12.9 Å². The van der Waals surface area contributed by atoms with E-state index in [1.165, 1.54) is 0 Å². The van der Waals surface area contributed by atoms with Crippen molar-refractivity contribution >= 4 is 0 Å². The fraction of sp³-hybridized carbons (Fsp3) is 0.333. The number of benzene rings is 1. The van der Waals surface area contributed by atoms with Gasteiger partial charge in [-0.3, -0.25) is 0 Å². The predicted octanol–water partition coefficient (Wildman–Crippen LogP) is 0.485. The molecule has 12 heavy (non-hydrogen) atoms. The van der Waals surface area contributed by atoms with Crippen LogP contribution in [0, 0.1) is 13.0 Å². The second-order valence-corrected chi connectivity index (χ2v) is 2.45. The molecular formula is C9H11O3. The highest BCUT2D eigenvalue weighted by Crippen LogP contribution is 2.16. The molecule has 2 N–H and O–H groups in total. The Balaban J connectivity index is 2.69. The van der Waals surface area contributed by atoms with Crippen LogP contribution in [-0.4, -0.2) is 23.1 Å². The molecule has 0 spiro atoms.